The summed E-state index contributed by atoms with van der Waals surface area (Å²) in [6.45, 7) is 1.43. The number of thiazole rings is 1. The van der Waals surface area contributed by atoms with Gasteiger partial charge in [-0.05, 0) is 67.1 Å². The number of esters is 1. The molecule has 15 heteroatoms. The molecule has 2 aliphatic heterocycles. The summed E-state index contributed by atoms with van der Waals surface area (Å²) in [5.74, 6) is -4.61. The predicted molar refractivity (Wildman–Crippen MR) is 167 cm³/mol. The third-order valence-electron chi connectivity index (χ3n) is 7.71. The average Bonchev–Trinajstić information content (AvgIpc) is 3.47. The van der Waals surface area contributed by atoms with Crippen LogP contribution in [0.4, 0.5) is 24.5 Å². The normalized spacial score (nSPS) is 18.9. The molecule has 0 aliphatic carbocycles. The number of carbonyl (C=O) groups excluding carboxylic acids is 4. The molecule has 2 N–H and O–H groups in total. The second kappa shape index (κ2) is 12.4. The van der Waals surface area contributed by atoms with Crippen molar-refractivity contribution in [3.63, 3.8) is 0 Å². The fourth-order valence-corrected chi connectivity index (χ4v) is 8.39. The number of hydrogen-bond donors (Lipinski definition) is 2. The van der Waals surface area contributed by atoms with E-state index in [1.807, 2.05) is 0 Å². The highest BCUT2D eigenvalue weighted by atomic mass is 32.2. The number of aromatic hydroxyl groups is 1. The maximum Gasteiger partial charge on any atom is 0.416 e. The Labute approximate surface area is 272 Å². The van der Waals surface area contributed by atoms with Gasteiger partial charge in [-0.15, -0.1) is 0 Å². The van der Waals surface area contributed by atoms with Gasteiger partial charge < -0.3 is 15.2 Å². The van der Waals surface area contributed by atoms with Crippen molar-refractivity contribution in [1.82, 2.24) is 4.57 Å². The second-order valence-electron chi connectivity index (χ2n) is 10.7. The molecule has 0 saturated carbocycles. The number of imide groups is 1. The number of thioether (sulfide) groups is 1. The molecule has 3 amide bonds. The maximum absolute atomic E-state index is 13.9. The number of phenols is 1. The fraction of sp³-hybridized carbons (Fsp3) is 0.219. The monoisotopic (exact) mass is 683 g/mol. The van der Waals surface area contributed by atoms with Gasteiger partial charge in [-0.25, -0.2) is 9.69 Å². The molecule has 0 radical (unpaired) electrons. The lowest BCUT2D eigenvalue weighted by molar-refractivity contribution is -0.137. The molecule has 3 heterocycles. The first-order chi connectivity index (χ1) is 22.4. The molecule has 6 rings (SSSR count). The Balaban J connectivity index is 1.34. The highest BCUT2D eigenvalue weighted by molar-refractivity contribution is 8.00. The third-order valence-corrected chi connectivity index (χ3v) is 10.3. The van der Waals surface area contributed by atoms with E-state index in [9.17, 15) is 42.3 Å². The second-order valence-corrected chi connectivity index (χ2v) is 12.8. The van der Waals surface area contributed by atoms with Crippen LogP contribution in [-0.2, 0) is 31.8 Å². The zero-order valence-electron chi connectivity index (χ0n) is 24.3. The van der Waals surface area contributed by atoms with Crippen molar-refractivity contribution in [2.75, 3.05) is 16.8 Å². The molecular formula is C32H24F3N3O7S2. The number of fused-ring (bicyclic) bond motifs is 2. The lowest BCUT2D eigenvalue weighted by atomic mass is 9.83. The minimum Gasteiger partial charge on any atom is -0.508 e. The summed E-state index contributed by atoms with van der Waals surface area (Å²) >= 11 is 1.71. The molecule has 0 bridgehead atoms. The molecule has 242 valence electrons. The van der Waals surface area contributed by atoms with Crippen molar-refractivity contribution in [1.29, 1.82) is 0 Å². The zero-order chi connectivity index (χ0) is 33.6. The zero-order valence-corrected chi connectivity index (χ0v) is 25.9. The van der Waals surface area contributed by atoms with Crippen LogP contribution in [0.2, 0.25) is 0 Å². The summed E-state index contributed by atoms with van der Waals surface area (Å²) in [6, 6.07) is 15.8. The number of alkyl halides is 3. The van der Waals surface area contributed by atoms with Crippen LogP contribution < -0.4 is 15.1 Å². The van der Waals surface area contributed by atoms with Gasteiger partial charge in [-0.2, -0.15) is 13.2 Å². The first-order valence-electron chi connectivity index (χ1n) is 14.2. The van der Waals surface area contributed by atoms with Crippen molar-refractivity contribution in [3.05, 3.63) is 104 Å². The van der Waals surface area contributed by atoms with E-state index in [0.29, 0.717) is 16.1 Å². The van der Waals surface area contributed by atoms with Gasteiger partial charge in [0.2, 0.25) is 17.7 Å². The Morgan fingerprint density at radius 3 is 2.34 bits per heavy atom. The molecule has 1 saturated heterocycles. The molecular weight excluding hydrogens is 659 g/mol. The molecule has 0 unspecified atom stereocenters. The van der Waals surface area contributed by atoms with Gasteiger partial charge in [0.25, 0.3) is 0 Å². The van der Waals surface area contributed by atoms with Crippen molar-refractivity contribution in [3.8, 4) is 5.75 Å². The highest BCUT2D eigenvalue weighted by Gasteiger charge is 2.57. The van der Waals surface area contributed by atoms with Crippen molar-refractivity contribution < 1.29 is 42.2 Å². The first kappa shape index (κ1) is 32.1. The van der Waals surface area contributed by atoms with Crippen molar-refractivity contribution >= 4 is 58.2 Å². The molecule has 3 aromatic carbocycles. The number of phenolic OH excluding ortho intramolecular Hbond substituents is 1. The third kappa shape index (κ3) is 6.03. The van der Waals surface area contributed by atoms with Crippen LogP contribution in [0.15, 0.2) is 82.6 Å². The molecule has 1 aromatic heterocycles. The van der Waals surface area contributed by atoms with Crippen LogP contribution >= 0.6 is 23.1 Å². The SMILES string of the molecule is CCOC(=O)c1ccc(NC(=O)Cn2c3c(sc2=O)[C@@H](c2ccc(O)cc2)[C@H]2C(=O)N(c4cccc(C(F)(F)F)c4)C(=O)[C@H]2S3)cc1. The summed E-state index contributed by atoms with van der Waals surface area (Å²) < 4.78 is 46.7. The van der Waals surface area contributed by atoms with E-state index in [2.05, 4.69) is 5.32 Å². The standard InChI is InChI=1S/C32H24F3N3O7S2/c1-2-45-30(43)17-6-10-19(11-7-17)36-22(40)15-37-29-26(47-31(37)44)23(16-8-12-21(39)13-9-16)24-25(46-29)28(42)38(27(24)41)20-5-3-4-18(14-20)32(33,34)35/h3-14,23-25,39H,2,15H2,1H3,(H,36,40)/t23-,24+,25-/m0/s1. The van der Waals surface area contributed by atoms with E-state index < -0.39 is 63.9 Å². The predicted octanol–water partition coefficient (Wildman–Crippen LogP) is 5.25. The van der Waals surface area contributed by atoms with Crippen molar-refractivity contribution in [2.24, 2.45) is 5.92 Å². The Hall–Kier alpha value is -4.89. The number of nitrogens with one attached hydrogen (secondary N) is 1. The van der Waals surface area contributed by atoms with Gasteiger partial charge in [-0.3, -0.25) is 23.7 Å². The quantitative estimate of drug-likeness (QED) is 0.200. The molecule has 4 aromatic rings. The molecule has 1 fully saturated rings. The minimum absolute atomic E-state index is 0.0622. The smallest absolute Gasteiger partial charge is 0.416 e. The van der Waals surface area contributed by atoms with Gasteiger partial charge in [-0.1, -0.05) is 41.3 Å². The van der Waals surface area contributed by atoms with E-state index in [0.717, 1.165) is 46.2 Å². The van der Waals surface area contributed by atoms with E-state index in [4.69, 9.17) is 4.74 Å². The Morgan fingerprint density at radius 1 is 0.979 bits per heavy atom. The topological polar surface area (TPSA) is 135 Å². The minimum atomic E-state index is -4.71. The van der Waals surface area contributed by atoms with Gasteiger partial charge in [0, 0.05) is 16.5 Å². The van der Waals surface area contributed by atoms with E-state index in [1.54, 1.807) is 19.1 Å². The number of rotatable bonds is 7. The van der Waals surface area contributed by atoms with E-state index in [-0.39, 0.29) is 28.6 Å². The molecule has 2 aliphatic rings. The van der Waals surface area contributed by atoms with Gasteiger partial charge in [0.15, 0.2) is 0 Å². The first-order valence-corrected chi connectivity index (χ1v) is 15.9. The van der Waals surface area contributed by atoms with Crippen LogP contribution in [-0.4, -0.2) is 45.2 Å². The molecule has 0 spiro atoms. The van der Waals surface area contributed by atoms with Crippen LogP contribution in [0.5, 0.6) is 5.75 Å². The molecule has 10 nitrogen and oxygen atoms in total. The number of ether oxygens (including phenoxy) is 1. The summed E-state index contributed by atoms with van der Waals surface area (Å²) in [5, 5.41) is 11.7. The number of benzene rings is 3. The van der Waals surface area contributed by atoms with Gasteiger partial charge in [0.1, 0.15) is 17.5 Å². The summed E-state index contributed by atoms with van der Waals surface area (Å²) in [7, 11) is 0. The number of hydrogen-bond acceptors (Lipinski definition) is 9. The van der Waals surface area contributed by atoms with Gasteiger partial charge >= 0.3 is 17.0 Å². The Bertz CT molecular complexity index is 1960. The highest BCUT2D eigenvalue weighted by Crippen LogP contribution is 2.54. The van der Waals surface area contributed by atoms with Gasteiger partial charge in [0.05, 0.1) is 34.4 Å². The lowest BCUT2D eigenvalue weighted by Crippen LogP contribution is -2.33. The Morgan fingerprint density at radius 2 is 1.68 bits per heavy atom. The number of aromatic nitrogens is 1. The van der Waals surface area contributed by atoms with Crippen LogP contribution in [0.1, 0.15) is 39.2 Å². The number of amides is 3. The van der Waals surface area contributed by atoms with Crippen LogP contribution in [0.25, 0.3) is 0 Å². The number of carbonyl (C=O) groups is 4. The van der Waals surface area contributed by atoms with E-state index >= 15 is 0 Å². The van der Waals surface area contributed by atoms with E-state index in [1.165, 1.54) is 47.0 Å². The summed E-state index contributed by atoms with van der Waals surface area (Å²) in [6.07, 6.45) is -4.71. The fourth-order valence-electron chi connectivity index (χ4n) is 5.62. The average molecular weight is 684 g/mol. The van der Waals surface area contributed by atoms with Crippen LogP contribution in [0.3, 0.4) is 0 Å². The van der Waals surface area contributed by atoms with Crippen molar-refractivity contribution in [2.45, 2.75) is 35.8 Å². The number of anilines is 2. The lowest BCUT2D eigenvalue weighted by Gasteiger charge is -2.30. The number of halogens is 3. The Kier molecular flexibility index (Phi) is 8.44. The largest absolute Gasteiger partial charge is 0.508 e. The molecule has 3 atom stereocenters. The molecule has 47 heavy (non-hydrogen) atoms. The summed E-state index contributed by atoms with van der Waals surface area (Å²) in [5.41, 5.74) is -0.130. The summed E-state index contributed by atoms with van der Waals surface area (Å²) in [4.78, 5) is 66.7. The maximum atomic E-state index is 13.9. The number of nitrogens with zero attached hydrogens (tertiary/aromatic N) is 2. The van der Waals surface area contributed by atoms with Crippen LogP contribution in [0, 0.1) is 5.92 Å².